The van der Waals surface area contributed by atoms with Gasteiger partial charge in [0.1, 0.15) is 0 Å². The third-order valence-electron chi connectivity index (χ3n) is 8.97. The summed E-state index contributed by atoms with van der Waals surface area (Å²) in [4.78, 5) is 0. The first-order chi connectivity index (χ1) is 12.5. The zero-order valence-electron chi connectivity index (χ0n) is 19.1. The van der Waals surface area contributed by atoms with E-state index in [4.69, 9.17) is 0 Å². The summed E-state index contributed by atoms with van der Waals surface area (Å²) in [7, 11) is 0. The molecule has 0 aromatic heterocycles. The molecule has 0 N–H and O–H groups in total. The molecule has 0 nitrogen and oxygen atoms in total. The fourth-order valence-electron chi connectivity index (χ4n) is 6.83. The minimum absolute atomic E-state index is 0. The average Bonchev–Trinajstić information content (AvgIpc) is 2.64. The number of rotatable bonds is 6. The Morgan fingerprint density at radius 1 is 0.500 bits per heavy atom. The van der Waals surface area contributed by atoms with Crippen LogP contribution in [0.5, 0.6) is 0 Å². The van der Waals surface area contributed by atoms with Crippen molar-refractivity contribution in [2.24, 2.45) is 47.3 Å². The van der Waals surface area contributed by atoms with E-state index in [1.165, 1.54) is 25.7 Å². The predicted octanol–water partition coefficient (Wildman–Crippen LogP) is 9.00. The van der Waals surface area contributed by atoms with Gasteiger partial charge in [0.05, 0.1) is 0 Å². The van der Waals surface area contributed by atoms with Gasteiger partial charge in [-0.15, -0.1) is 0 Å². The summed E-state index contributed by atoms with van der Waals surface area (Å²) < 4.78 is 0. The molecule has 0 aromatic carbocycles. The zero-order valence-corrected chi connectivity index (χ0v) is 19.1. The Morgan fingerprint density at radius 2 is 0.714 bits per heavy atom. The molecule has 3 rings (SSSR count). The van der Waals surface area contributed by atoms with Gasteiger partial charge < -0.3 is 0 Å². The molecule has 3 aliphatic rings. The number of hydrogen-bond acceptors (Lipinski definition) is 0. The van der Waals surface area contributed by atoms with E-state index in [9.17, 15) is 0 Å². The molecule has 3 aliphatic carbocycles. The van der Waals surface area contributed by atoms with Crippen LogP contribution in [0.15, 0.2) is 0 Å². The molecule has 165 valence electrons. The maximum Gasteiger partial charge on any atom is 0 e. The summed E-state index contributed by atoms with van der Waals surface area (Å²) >= 11 is 0. The van der Waals surface area contributed by atoms with Crippen LogP contribution in [0.25, 0.3) is 0 Å². The molecule has 3 radical (unpaired) electrons. The van der Waals surface area contributed by atoms with Crippen molar-refractivity contribution in [3.05, 3.63) is 0 Å². The van der Waals surface area contributed by atoms with Gasteiger partial charge in [0.25, 0.3) is 0 Å². The molecule has 0 atom stereocenters. The van der Waals surface area contributed by atoms with Crippen molar-refractivity contribution in [2.45, 2.75) is 125 Å². The standard InChI is InChI=1S/C26H48.CH4.B.H2/c1-19(2)25-13-9-23(10-14-25)17-21-5-7-22(8-6-21)18-24-11-15-26(16-12-24)20(3)4;;;/h19-26H,5-18H2,1-4H3;1H4;;1H/i;;;1+1. The van der Waals surface area contributed by atoms with E-state index >= 15 is 0 Å². The first kappa shape index (κ1) is 26.1. The monoisotopic (exact) mass is 390 g/mol. The minimum atomic E-state index is 0. The summed E-state index contributed by atoms with van der Waals surface area (Å²) in [6.07, 6.45) is 21.7. The second-order valence-electron chi connectivity index (χ2n) is 11.4. The van der Waals surface area contributed by atoms with Crippen LogP contribution in [0.4, 0.5) is 0 Å². The van der Waals surface area contributed by atoms with Gasteiger partial charge in [-0.2, -0.15) is 0 Å². The van der Waals surface area contributed by atoms with Crippen LogP contribution in [0.2, 0.25) is 0 Å². The third kappa shape index (κ3) is 7.72. The fraction of sp³-hybridized carbons (Fsp3) is 1.00. The maximum atomic E-state index is 2.43. The molecule has 1 heteroatoms. The van der Waals surface area contributed by atoms with E-state index in [-0.39, 0.29) is 17.3 Å². The van der Waals surface area contributed by atoms with Crippen LogP contribution in [-0.4, -0.2) is 8.41 Å². The highest BCUT2D eigenvalue weighted by molar-refractivity contribution is 5.75. The molecule has 0 bridgehead atoms. The van der Waals surface area contributed by atoms with Gasteiger partial charge >= 0.3 is 0 Å². The lowest BCUT2D eigenvalue weighted by atomic mass is 9.69. The largest absolute Gasteiger partial charge is 0.0776 e. The first-order valence-corrected chi connectivity index (χ1v) is 12.5. The van der Waals surface area contributed by atoms with Crippen molar-refractivity contribution >= 4 is 8.41 Å². The summed E-state index contributed by atoms with van der Waals surface area (Å²) in [6, 6.07) is 0. The van der Waals surface area contributed by atoms with Crippen LogP contribution in [0.1, 0.15) is 126 Å². The summed E-state index contributed by atoms with van der Waals surface area (Å²) in [5, 5.41) is 0. The average molecular weight is 391 g/mol. The smallest absolute Gasteiger partial charge is 0 e. The lowest BCUT2D eigenvalue weighted by Crippen LogP contribution is -2.24. The van der Waals surface area contributed by atoms with Crippen molar-refractivity contribution in [2.75, 3.05) is 0 Å². The minimum Gasteiger partial charge on any atom is -0.0776 e. The molecule has 0 aromatic rings. The van der Waals surface area contributed by atoms with E-state index in [1.54, 1.807) is 64.2 Å². The van der Waals surface area contributed by atoms with Crippen LogP contribution in [0, 0.1) is 47.3 Å². The Bertz CT molecular complexity index is 345. The molecule has 0 unspecified atom stereocenters. The van der Waals surface area contributed by atoms with Gasteiger partial charge in [-0.25, -0.2) is 0 Å². The van der Waals surface area contributed by atoms with Crippen molar-refractivity contribution in [1.82, 2.24) is 0 Å². The second-order valence-corrected chi connectivity index (χ2v) is 11.4. The van der Waals surface area contributed by atoms with E-state index in [1.807, 2.05) is 0 Å². The van der Waals surface area contributed by atoms with Crippen molar-refractivity contribution in [3.63, 3.8) is 0 Å². The van der Waals surface area contributed by atoms with Gasteiger partial charge in [-0.1, -0.05) is 86.5 Å². The van der Waals surface area contributed by atoms with E-state index in [2.05, 4.69) is 27.7 Å². The highest BCUT2D eigenvalue weighted by Gasteiger charge is 2.30. The Balaban J connectivity index is 0.00000261. The van der Waals surface area contributed by atoms with Crippen molar-refractivity contribution < 1.29 is 1.43 Å². The van der Waals surface area contributed by atoms with Gasteiger partial charge in [0, 0.05) is 9.84 Å². The summed E-state index contributed by atoms with van der Waals surface area (Å²) in [5.74, 6) is 8.24. The second kappa shape index (κ2) is 12.7. The molecule has 0 spiro atoms. The lowest BCUT2D eigenvalue weighted by molar-refractivity contribution is 0.150. The Morgan fingerprint density at radius 3 is 0.929 bits per heavy atom. The molecule has 0 saturated heterocycles. The topological polar surface area (TPSA) is 0 Å². The van der Waals surface area contributed by atoms with E-state index in [0.29, 0.717) is 0 Å². The van der Waals surface area contributed by atoms with E-state index in [0.717, 1.165) is 47.3 Å². The normalized spacial score (nSPS) is 36.6. The molecule has 3 saturated carbocycles. The molecule has 0 heterocycles. The van der Waals surface area contributed by atoms with Crippen molar-refractivity contribution in [3.8, 4) is 0 Å². The van der Waals surface area contributed by atoms with Gasteiger partial charge in [0.2, 0.25) is 0 Å². The third-order valence-corrected chi connectivity index (χ3v) is 8.97. The molecule has 28 heavy (non-hydrogen) atoms. The SMILES string of the molecule is C.CC(C)C1CCC(CC2CCC(CC3CCC(C(C)C)CC3)CC2)CC1.[2HH].[B]. The molecular formula is C27H54B. The van der Waals surface area contributed by atoms with Crippen LogP contribution >= 0.6 is 0 Å². The molecular weight excluding hydrogens is 335 g/mol. The van der Waals surface area contributed by atoms with Gasteiger partial charge in [-0.05, 0) is 85.9 Å². The zero-order chi connectivity index (χ0) is 18.5. The molecule has 0 aliphatic heterocycles. The predicted molar refractivity (Wildman–Crippen MR) is 130 cm³/mol. The highest BCUT2D eigenvalue weighted by atomic mass is 14.4. The Labute approximate surface area is 182 Å². The first-order valence-electron chi connectivity index (χ1n) is 12.5. The maximum absolute atomic E-state index is 2.43. The quantitative estimate of drug-likeness (QED) is 0.397. The summed E-state index contributed by atoms with van der Waals surface area (Å²) in [5.41, 5.74) is 0. The summed E-state index contributed by atoms with van der Waals surface area (Å²) in [6.45, 7) is 9.73. The van der Waals surface area contributed by atoms with Crippen LogP contribution < -0.4 is 0 Å². The van der Waals surface area contributed by atoms with Crippen LogP contribution in [-0.2, 0) is 0 Å². The number of hydrogen-bond donors (Lipinski definition) is 0. The highest BCUT2D eigenvalue weighted by Crippen LogP contribution is 2.43. The van der Waals surface area contributed by atoms with Gasteiger partial charge in [-0.3, -0.25) is 0 Å². The van der Waals surface area contributed by atoms with E-state index < -0.39 is 0 Å². The van der Waals surface area contributed by atoms with Gasteiger partial charge in [0.15, 0.2) is 0 Å². The molecule has 3 fully saturated rings. The molecule has 0 amide bonds. The fourth-order valence-corrected chi connectivity index (χ4v) is 6.83. The van der Waals surface area contributed by atoms with Crippen LogP contribution in [0.3, 0.4) is 0 Å². The Kier molecular flexibility index (Phi) is 11.8. The Hall–Kier alpha value is 0.0649. The van der Waals surface area contributed by atoms with Crippen molar-refractivity contribution in [1.29, 1.82) is 0 Å². The lowest BCUT2D eigenvalue weighted by Gasteiger charge is -2.37.